The van der Waals surface area contributed by atoms with E-state index in [0.29, 0.717) is 31.4 Å². The summed E-state index contributed by atoms with van der Waals surface area (Å²) in [6.07, 6.45) is 6.48. The highest BCUT2D eigenvalue weighted by Gasteiger charge is 2.45. The van der Waals surface area contributed by atoms with E-state index >= 15 is 0 Å². The Labute approximate surface area is 249 Å². The predicted octanol–water partition coefficient (Wildman–Crippen LogP) is 4.06. The summed E-state index contributed by atoms with van der Waals surface area (Å²) in [7, 11) is 0. The van der Waals surface area contributed by atoms with Gasteiger partial charge < -0.3 is 24.7 Å². The molecule has 1 aliphatic carbocycles. The van der Waals surface area contributed by atoms with Gasteiger partial charge in [-0.05, 0) is 57.7 Å². The zero-order valence-corrected chi connectivity index (χ0v) is 25.6. The lowest BCUT2D eigenvalue weighted by Gasteiger charge is -2.49. The Bertz CT molecular complexity index is 1360. The molecule has 42 heavy (non-hydrogen) atoms. The highest BCUT2D eigenvalue weighted by molar-refractivity contribution is 5.96. The second-order valence-electron chi connectivity index (χ2n) is 12.0. The number of allylic oxidation sites excluding steroid dienone is 2. The van der Waals surface area contributed by atoms with Gasteiger partial charge in [0, 0.05) is 85.8 Å². The van der Waals surface area contributed by atoms with Crippen LogP contribution in [-0.2, 0) is 20.8 Å². The zero-order chi connectivity index (χ0) is 29.7. The molecule has 1 aromatic heterocycles. The molecular formula is C34H46N4O4. The van der Waals surface area contributed by atoms with Crippen LogP contribution >= 0.6 is 0 Å². The third-order valence-electron chi connectivity index (χ3n) is 9.12. The minimum atomic E-state index is -0.560. The van der Waals surface area contributed by atoms with Crippen LogP contribution in [0, 0.1) is 19.3 Å². The van der Waals surface area contributed by atoms with Gasteiger partial charge in [0.2, 0.25) is 5.91 Å². The Kier molecular flexibility index (Phi) is 9.66. The molecule has 2 atom stereocenters. The van der Waals surface area contributed by atoms with Gasteiger partial charge in [0.25, 0.3) is 5.56 Å². The number of nitrogens with zero attached hydrogens (tertiary/aromatic N) is 2. The van der Waals surface area contributed by atoms with E-state index < -0.39 is 5.41 Å². The van der Waals surface area contributed by atoms with E-state index in [-0.39, 0.29) is 23.9 Å². The molecule has 8 heteroatoms. The van der Waals surface area contributed by atoms with Crippen molar-refractivity contribution in [3.8, 4) is 0 Å². The van der Waals surface area contributed by atoms with E-state index in [0.717, 1.165) is 68.1 Å². The fraction of sp³-hybridized carbons (Fsp3) is 0.529. The monoisotopic (exact) mass is 574 g/mol. The number of hydrogen-bond donors (Lipinski definition) is 2. The van der Waals surface area contributed by atoms with Crippen LogP contribution in [0.3, 0.4) is 0 Å². The highest BCUT2D eigenvalue weighted by atomic mass is 16.5. The Morgan fingerprint density at radius 3 is 2.43 bits per heavy atom. The molecule has 5 rings (SSSR count). The molecule has 2 aliphatic heterocycles. The summed E-state index contributed by atoms with van der Waals surface area (Å²) in [4.78, 5) is 34.9. The maximum atomic E-state index is 14.3. The number of amides is 1. The number of pyridine rings is 1. The lowest BCUT2D eigenvalue weighted by atomic mass is 9.70. The van der Waals surface area contributed by atoms with E-state index in [1.54, 1.807) is 0 Å². The number of aromatic nitrogens is 1. The standard InChI is InChI=1S/C34H46N4O4/c1-5-38(28-11-15-41-16-12-28)31-21-27(26-9-7-6-8-10-26)20-30(34(31,4)23-37-13-17-42-18-14-37)33(40)35-22-29-24(2)19-25(3)36-32(29)39/h6-10,19-21,27-28H,5,11-18,22-23H2,1-4H3,(H,35,40)(H,36,39). The average molecular weight is 575 g/mol. The van der Waals surface area contributed by atoms with Gasteiger partial charge in [-0.2, -0.15) is 0 Å². The van der Waals surface area contributed by atoms with Crippen LogP contribution < -0.4 is 10.9 Å². The van der Waals surface area contributed by atoms with Crippen molar-refractivity contribution in [2.75, 3.05) is 52.6 Å². The molecule has 1 amide bonds. The van der Waals surface area contributed by atoms with Crippen LogP contribution in [0.2, 0.25) is 0 Å². The van der Waals surface area contributed by atoms with Gasteiger partial charge in [-0.15, -0.1) is 0 Å². The number of aromatic amines is 1. The van der Waals surface area contributed by atoms with E-state index in [1.807, 2.05) is 26.0 Å². The maximum Gasteiger partial charge on any atom is 0.253 e. The molecule has 3 aliphatic rings. The number of H-pyrrole nitrogens is 1. The number of rotatable bonds is 9. The van der Waals surface area contributed by atoms with Gasteiger partial charge in [-0.1, -0.05) is 42.5 Å². The number of nitrogens with one attached hydrogen (secondary N) is 2. The van der Waals surface area contributed by atoms with Crippen molar-refractivity contribution in [1.29, 1.82) is 0 Å². The molecular weight excluding hydrogens is 528 g/mol. The van der Waals surface area contributed by atoms with E-state index in [9.17, 15) is 9.59 Å². The SMILES string of the molecule is CCN(C1=CC(c2ccccc2)C=C(C(=O)NCc2c(C)cc(C)[nH]c2=O)C1(C)CN1CCOCC1)C1CCOCC1. The minimum absolute atomic E-state index is 0.0434. The topological polar surface area (TPSA) is 86.9 Å². The number of ether oxygens (including phenoxy) is 2. The number of carbonyl (C=O) groups excluding carboxylic acids is 1. The second-order valence-corrected chi connectivity index (χ2v) is 12.0. The quantitative estimate of drug-likeness (QED) is 0.470. The number of carbonyl (C=O) groups is 1. The molecule has 0 saturated carbocycles. The zero-order valence-electron chi connectivity index (χ0n) is 25.6. The first-order valence-corrected chi connectivity index (χ1v) is 15.4. The Hall–Kier alpha value is -3.20. The highest BCUT2D eigenvalue weighted by Crippen LogP contribution is 2.46. The van der Waals surface area contributed by atoms with Crippen molar-refractivity contribution in [2.45, 2.75) is 59.0 Å². The molecule has 1 aromatic carbocycles. The molecule has 2 fully saturated rings. The van der Waals surface area contributed by atoms with Gasteiger partial charge in [0.05, 0.1) is 13.2 Å². The third-order valence-corrected chi connectivity index (χ3v) is 9.12. The summed E-state index contributed by atoms with van der Waals surface area (Å²) < 4.78 is 11.4. The van der Waals surface area contributed by atoms with Crippen LogP contribution in [0.5, 0.6) is 0 Å². The summed E-state index contributed by atoms with van der Waals surface area (Å²) in [5.74, 6) is -0.169. The van der Waals surface area contributed by atoms with Crippen LogP contribution in [-0.4, -0.2) is 79.3 Å². The van der Waals surface area contributed by atoms with Crippen LogP contribution in [0.4, 0.5) is 0 Å². The fourth-order valence-corrected chi connectivity index (χ4v) is 6.87. The van der Waals surface area contributed by atoms with Gasteiger partial charge in [0.15, 0.2) is 0 Å². The normalized spacial score (nSPS) is 23.7. The number of morpholine rings is 1. The van der Waals surface area contributed by atoms with Gasteiger partial charge in [-0.25, -0.2) is 0 Å². The molecule has 2 unspecified atom stereocenters. The summed E-state index contributed by atoms with van der Waals surface area (Å²) in [5, 5.41) is 3.16. The molecule has 8 nitrogen and oxygen atoms in total. The Morgan fingerprint density at radius 1 is 1.07 bits per heavy atom. The predicted molar refractivity (Wildman–Crippen MR) is 165 cm³/mol. The molecule has 226 valence electrons. The summed E-state index contributed by atoms with van der Waals surface area (Å²) in [6.45, 7) is 14.5. The van der Waals surface area contributed by atoms with E-state index in [1.165, 1.54) is 5.70 Å². The van der Waals surface area contributed by atoms with Gasteiger partial charge in [0.1, 0.15) is 0 Å². The molecule has 0 radical (unpaired) electrons. The Balaban J connectivity index is 1.56. The molecule has 0 spiro atoms. The second kappa shape index (κ2) is 13.4. The van der Waals surface area contributed by atoms with E-state index in [4.69, 9.17) is 9.47 Å². The van der Waals surface area contributed by atoms with Crippen molar-refractivity contribution in [3.63, 3.8) is 0 Å². The average Bonchev–Trinajstić information content (AvgIpc) is 2.99. The van der Waals surface area contributed by atoms with Crippen LogP contribution in [0.25, 0.3) is 0 Å². The van der Waals surface area contributed by atoms with Crippen molar-refractivity contribution < 1.29 is 14.3 Å². The molecule has 2 aromatic rings. The molecule has 3 heterocycles. The van der Waals surface area contributed by atoms with Crippen LogP contribution in [0.1, 0.15) is 55.0 Å². The van der Waals surface area contributed by atoms with Crippen molar-refractivity contribution in [3.05, 3.63) is 92.6 Å². The van der Waals surface area contributed by atoms with Crippen molar-refractivity contribution in [1.82, 2.24) is 20.1 Å². The summed E-state index contributed by atoms with van der Waals surface area (Å²) >= 11 is 0. The minimum Gasteiger partial charge on any atom is -0.381 e. The molecule has 0 bridgehead atoms. The van der Waals surface area contributed by atoms with E-state index in [2.05, 4.69) is 70.4 Å². The first-order chi connectivity index (χ1) is 20.3. The number of aryl methyl sites for hydroxylation is 2. The first-order valence-electron chi connectivity index (χ1n) is 15.4. The lowest BCUT2D eigenvalue weighted by molar-refractivity contribution is -0.119. The number of benzene rings is 1. The first kappa shape index (κ1) is 30.3. The van der Waals surface area contributed by atoms with Gasteiger partial charge in [-0.3, -0.25) is 14.5 Å². The van der Waals surface area contributed by atoms with Crippen molar-refractivity contribution in [2.24, 2.45) is 5.41 Å². The van der Waals surface area contributed by atoms with Gasteiger partial charge >= 0.3 is 0 Å². The lowest BCUT2D eigenvalue weighted by Crippen LogP contribution is -2.52. The fourth-order valence-electron chi connectivity index (χ4n) is 6.87. The number of hydrogen-bond acceptors (Lipinski definition) is 6. The summed E-state index contributed by atoms with van der Waals surface area (Å²) in [6, 6.07) is 12.7. The van der Waals surface area contributed by atoms with Crippen molar-refractivity contribution >= 4 is 5.91 Å². The maximum absolute atomic E-state index is 14.3. The smallest absolute Gasteiger partial charge is 0.253 e. The Morgan fingerprint density at radius 2 is 1.76 bits per heavy atom. The third kappa shape index (κ3) is 6.56. The summed E-state index contributed by atoms with van der Waals surface area (Å²) in [5.41, 5.74) is 4.69. The molecule has 2 N–H and O–H groups in total. The largest absolute Gasteiger partial charge is 0.381 e. The van der Waals surface area contributed by atoms with Crippen LogP contribution in [0.15, 0.2) is 64.6 Å². The molecule has 2 saturated heterocycles.